The Balaban J connectivity index is 3.00. The number of nitrogens with zero attached hydrogens (tertiary/aromatic N) is 2. The van der Waals surface area contributed by atoms with Crippen LogP contribution in [0.3, 0.4) is 0 Å². The SMILES string of the molecule is C=C=NCCCN(C)N. The van der Waals surface area contributed by atoms with Crippen LogP contribution in [-0.2, 0) is 0 Å². The number of hydrogen-bond donors (Lipinski definition) is 1. The Labute approximate surface area is 55.8 Å². The van der Waals surface area contributed by atoms with Gasteiger partial charge in [0.15, 0.2) is 0 Å². The molecule has 0 amide bonds. The Morgan fingerprint density at radius 2 is 2.44 bits per heavy atom. The molecule has 0 aliphatic rings. The molecule has 0 fully saturated rings. The van der Waals surface area contributed by atoms with Gasteiger partial charge in [0.1, 0.15) is 0 Å². The van der Waals surface area contributed by atoms with Gasteiger partial charge in [-0.3, -0.25) is 10.9 Å². The van der Waals surface area contributed by atoms with Gasteiger partial charge in [-0.25, -0.2) is 4.99 Å². The maximum absolute atomic E-state index is 5.33. The molecule has 0 aromatic carbocycles. The van der Waals surface area contributed by atoms with E-state index in [-0.39, 0.29) is 0 Å². The van der Waals surface area contributed by atoms with Gasteiger partial charge in [-0.15, -0.1) is 0 Å². The summed E-state index contributed by atoms with van der Waals surface area (Å²) in [5, 5.41) is 1.64. The fraction of sp³-hybridized carbons (Fsp3) is 0.667. The first-order valence-corrected chi connectivity index (χ1v) is 2.92. The predicted octanol–water partition coefficient (Wildman–Crippen LogP) is 0.0377. The molecular formula is C6H13N3. The number of nitrogens with two attached hydrogens (primary N) is 1. The van der Waals surface area contributed by atoms with Crippen LogP contribution in [0.4, 0.5) is 0 Å². The molecule has 0 aliphatic carbocycles. The molecule has 3 heteroatoms. The summed E-state index contributed by atoms with van der Waals surface area (Å²) in [5.74, 6) is 7.79. The van der Waals surface area contributed by atoms with Crippen molar-refractivity contribution in [3.63, 3.8) is 0 Å². The van der Waals surface area contributed by atoms with Crippen LogP contribution in [0.5, 0.6) is 0 Å². The zero-order valence-electron chi connectivity index (χ0n) is 5.80. The number of rotatable bonds is 4. The fourth-order valence-corrected chi connectivity index (χ4v) is 0.478. The molecule has 0 heterocycles. The van der Waals surface area contributed by atoms with Gasteiger partial charge in [0.25, 0.3) is 0 Å². The summed E-state index contributed by atoms with van der Waals surface area (Å²) < 4.78 is 0. The first-order valence-electron chi connectivity index (χ1n) is 2.92. The minimum atomic E-state index is 0.769. The summed E-state index contributed by atoms with van der Waals surface area (Å²) >= 11 is 0. The van der Waals surface area contributed by atoms with Crippen LogP contribution >= 0.6 is 0 Å². The van der Waals surface area contributed by atoms with E-state index in [2.05, 4.69) is 17.4 Å². The molecule has 3 nitrogen and oxygen atoms in total. The maximum atomic E-state index is 5.33. The van der Waals surface area contributed by atoms with Crippen molar-refractivity contribution in [2.24, 2.45) is 10.8 Å². The van der Waals surface area contributed by atoms with Crippen LogP contribution in [0, 0.1) is 0 Å². The Morgan fingerprint density at radius 1 is 1.78 bits per heavy atom. The summed E-state index contributed by atoms with van der Waals surface area (Å²) in [4.78, 5) is 3.80. The summed E-state index contributed by atoms with van der Waals surface area (Å²) in [7, 11) is 1.83. The van der Waals surface area contributed by atoms with Crippen LogP contribution in [0.1, 0.15) is 6.42 Å². The summed E-state index contributed by atoms with van der Waals surface area (Å²) in [6.07, 6.45) is 0.968. The zero-order valence-corrected chi connectivity index (χ0v) is 5.80. The van der Waals surface area contributed by atoms with Crippen molar-refractivity contribution in [3.8, 4) is 0 Å². The highest BCUT2D eigenvalue weighted by Crippen LogP contribution is 1.79. The first-order chi connectivity index (χ1) is 4.27. The highest BCUT2D eigenvalue weighted by molar-refractivity contribution is 5.46. The highest BCUT2D eigenvalue weighted by Gasteiger charge is 1.86. The van der Waals surface area contributed by atoms with Crippen molar-refractivity contribution in [2.75, 3.05) is 20.1 Å². The summed E-state index contributed by atoms with van der Waals surface area (Å²) in [5.41, 5.74) is 0. The molecule has 0 saturated carbocycles. The second-order valence-corrected chi connectivity index (χ2v) is 1.87. The van der Waals surface area contributed by atoms with Gasteiger partial charge >= 0.3 is 0 Å². The largest absolute Gasteiger partial charge is 0.269 e. The smallest absolute Gasteiger partial charge is 0.0496 e. The average Bonchev–Trinajstić information content (AvgIpc) is 1.80. The van der Waals surface area contributed by atoms with E-state index in [9.17, 15) is 0 Å². The lowest BCUT2D eigenvalue weighted by atomic mass is 10.4. The lowest BCUT2D eigenvalue weighted by molar-refractivity contribution is 0.346. The minimum Gasteiger partial charge on any atom is -0.269 e. The normalized spacial score (nSPS) is 9.22. The standard InChI is InChI=1S/C6H13N3/c1-3-8-5-4-6-9(2)7/h1,4-7H2,2H3. The maximum Gasteiger partial charge on any atom is 0.0496 e. The van der Waals surface area contributed by atoms with Gasteiger partial charge in [0.2, 0.25) is 0 Å². The average molecular weight is 127 g/mol. The summed E-state index contributed by atoms with van der Waals surface area (Å²) in [6, 6.07) is 0. The molecule has 0 rings (SSSR count). The second-order valence-electron chi connectivity index (χ2n) is 1.87. The van der Waals surface area contributed by atoms with E-state index in [4.69, 9.17) is 5.84 Å². The van der Waals surface area contributed by atoms with Crippen molar-refractivity contribution in [1.29, 1.82) is 0 Å². The molecule has 9 heavy (non-hydrogen) atoms. The molecule has 2 N–H and O–H groups in total. The van der Waals surface area contributed by atoms with Crippen LogP contribution in [-0.4, -0.2) is 31.0 Å². The minimum absolute atomic E-state index is 0.769. The monoisotopic (exact) mass is 127 g/mol. The Hall–Kier alpha value is -0.630. The van der Waals surface area contributed by atoms with E-state index in [1.807, 2.05) is 7.05 Å². The van der Waals surface area contributed by atoms with Crippen molar-refractivity contribution in [2.45, 2.75) is 6.42 Å². The second kappa shape index (κ2) is 5.51. The van der Waals surface area contributed by atoms with E-state index in [1.165, 1.54) is 0 Å². The molecule has 0 unspecified atom stereocenters. The Bertz CT molecular complexity index is 103. The third-order valence-electron chi connectivity index (χ3n) is 0.893. The van der Waals surface area contributed by atoms with E-state index < -0.39 is 0 Å². The van der Waals surface area contributed by atoms with Crippen LogP contribution in [0.15, 0.2) is 11.6 Å². The van der Waals surface area contributed by atoms with E-state index in [1.54, 1.807) is 5.01 Å². The van der Waals surface area contributed by atoms with Crippen molar-refractivity contribution in [3.05, 3.63) is 6.58 Å². The van der Waals surface area contributed by atoms with Gasteiger partial charge in [-0.1, -0.05) is 0 Å². The number of hydrazine groups is 1. The lowest BCUT2D eigenvalue weighted by Crippen LogP contribution is -2.27. The lowest BCUT2D eigenvalue weighted by Gasteiger charge is -2.05. The number of aliphatic imine (C=N–C) groups is 1. The fourth-order valence-electron chi connectivity index (χ4n) is 0.478. The van der Waals surface area contributed by atoms with Crippen molar-refractivity contribution in [1.82, 2.24) is 5.01 Å². The third-order valence-corrected chi connectivity index (χ3v) is 0.893. The van der Waals surface area contributed by atoms with Gasteiger partial charge < -0.3 is 0 Å². The van der Waals surface area contributed by atoms with Gasteiger partial charge in [0, 0.05) is 20.1 Å². The molecule has 0 bridgehead atoms. The highest BCUT2D eigenvalue weighted by atomic mass is 15.4. The van der Waals surface area contributed by atoms with Gasteiger partial charge in [-0.05, 0) is 18.9 Å². The molecule has 52 valence electrons. The third kappa shape index (κ3) is 7.37. The van der Waals surface area contributed by atoms with Crippen molar-refractivity contribution < 1.29 is 0 Å². The predicted molar refractivity (Wildman–Crippen MR) is 39.4 cm³/mol. The molecule has 0 atom stereocenters. The zero-order chi connectivity index (χ0) is 7.11. The number of hydrogen-bond acceptors (Lipinski definition) is 3. The van der Waals surface area contributed by atoms with Crippen LogP contribution < -0.4 is 5.84 Å². The van der Waals surface area contributed by atoms with E-state index in [0.29, 0.717) is 0 Å². The topological polar surface area (TPSA) is 41.6 Å². The van der Waals surface area contributed by atoms with Gasteiger partial charge in [-0.2, -0.15) is 0 Å². The first kappa shape index (κ1) is 8.37. The summed E-state index contributed by atoms with van der Waals surface area (Å²) in [6.45, 7) is 4.98. The van der Waals surface area contributed by atoms with Crippen LogP contribution in [0.25, 0.3) is 0 Å². The molecule has 0 saturated heterocycles. The quantitative estimate of drug-likeness (QED) is 0.251. The Kier molecular flexibility index (Phi) is 5.12. The molecule has 0 spiro atoms. The molecule has 0 aliphatic heterocycles. The van der Waals surface area contributed by atoms with Gasteiger partial charge in [0.05, 0.1) is 0 Å². The van der Waals surface area contributed by atoms with E-state index in [0.717, 1.165) is 19.5 Å². The molecule has 0 aromatic heterocycles. The Morgan fingerprint density at radius 3 is 2.89 bits per heavy atom. The molecule has 0 radical (unpaired) electrons. The van der Waals surface area contributed by atoms with E-state index >= 15 is 0 Å². The molecular weight excluding hydrogens is 114 g/mol. The van der Waals surface area contributed by atoms with Crippen molar-refractivity contribution >= 4 is 5.87 Å². The van der Waals surface area contributed by atoms with Crippen LogP contribution in [0.2, 0.25) is 0 Å². The molecule has 0 aromatic rings.